The summed E-state index contributed by atoms with van der Waals surface area (Å²) < 4.78 is 5.39. The van der Waals surface area contributed by atoms with Gasteiger partial charge in [0.15, 0.2) is 0 Å². The van der Waals surface area contributed by atoms with E-state index in [1.807, 2.05) is 12.1 Å². The van der Waals surface area contributed by atoms with Gasteiger partial charge in [-0.2, -0.15) is 0 Å². The molecule has 96 valence electrons. The van der Waals surface area contributed by atoms with Gasteiger partial charge in [0, 0.05) is 7.11 Å². The highest BCUT2D eigenvalue weighted by Crippen LogP contribution is 2.18. The Kier molecular flexibility index (Phi) is 5.12. The van der Waals surface area contributed by atoms with Gasteiger partial charge in [0.1, 0.15) is 0 Å². The van der Waals surface area contributed by atoms with Gasteiger partial charge < -0.3 is 15.6 Å². The fraction of sp³-hybridized carbons (Fsp3) is 0.571. The topological polar surface area (TPSA) is 55.5 Å². The Balaban J connectivity index is 2.57. The van der Waals surface area contributed by atoms with Crippen molar-refractivity contribution in [3.8, 4) is 0 Å². The van der Waals surface area contributed by atoms with Crippen molar-refractivity contribution in [2.24, 2.45) is 5.73 Å². The first kappa shape index (κ1) is 14.2. The molecule has 1 aromatic carbocycles. The summed E-state index contributed by atoms with van der Waals surface area (Å²) in [6.07, 6.45) is 1.96. The highest BCUT2D eigenvalue weighted by Gasteiger charge is 2.15. The summed E-state index contributed by atoms with van der Waals surface area (Å²) in [6.45, 7) is 4.15. The molecule has 0 aromatic heterocycles. The third kappa shape index (κ3) is 4.46. The van der Waals surface area contributed by atoms with Crippen LogP contribution in [0.15, 0.2) is 24.3 Å². The zero-order valence-corrected chi connectivity index (χ0v) is 10.9. The van der Waals surface area contributed by atoms with Gasteiger partial charge in [-0.3, -0.25) is 0 Å². The number of nitrogens with two attached hydrogens (primary N) is 1. The first-order valence-corrected chi connectivity index (χ1v) is 5.99. The van der Waals surface area contributed by atoms with Gasteiger partial charge in [-0.25, -0.2) is 0 Å². The molecule has 0 fully saturated rings. The summed E-state index contributed by atoms with van der Waals surface area (Å²) in [6, 6.07) is 7.82. The molecule has 3 heteroatoms. The quantitative estimate of drug-likeness (QED) is 0.796. The summed E-state index contributed by atoms with van der Waals surface area (Å²) >= 11 is 0. The van der Waals surface area contributed by atoms with Gasteiger partial charge in [-0.15, -0.1) is 0 Å². The lowest BCUT2D eigenvalue weighted by atomic mass is 9.97. The molecule has 1 aromatic rings. The first-order valence-electron chi connectivity index (χ1n) is 5.99. The van der Waals surface area contributed by atoms with E-state index in [1.54, 1.807) is 7.11 Å². The average Bonchev–Trinajstić information content (AvgIpc) is 2.36. The van der Waals surface area contributed by atoms with Crippen LogP contribution in [0.4, 0.5) is 0 Å². The predicted molar refractivity (Wildman–Crippen MR) is 69.9 cm³/mol. The Morgan fingerprint density at radius 3 is 2.35 bits per heavy atom. The predicted octanol–water partition coefficient (Wildman–Crippen LogP) is 2.04. The number of hydrogen-bond donors (Lipinski definition) is 2. The van der Waals surface area contributed by atoms with Crippen molar-refractivity contribution in [3.05, 3.63) is 35.4 Å². The van der Waals surface area contributed by atoms with Crippen molar-refractivity contribution < 1.29 is 9.84 Å². The normalized spacial score (nSPS) is 13.7. The first-order chi connectivity index (χ1) is 7.98. The standard InChI is InChI=1S/C14H23NO2/c1-14(2,17-3)9-8-11-4-6-12(7-5-11)13(15)10-16/h4-7,13,16H,8-10,15H2,1-3H3. The van der Waals surface area contributed by atoms with Gasteiger partial charge in [0.2, 0.25) is 0 Å². The molecule has 3 nitrogen and oxygen atoms in total. The van der Waals surface area contributed by atoms with E-state index in [2.05, 4.69) is 26.0 Å². The lowest BCUT2D eigenvalue weighted by Crippen LogP contribution is -2.23. The zero-order valence-electron chi connectivity index (χ0n) is 10.9. The minimum Gasteiger partial charge on any atom is -0.394 e. The number of benzene rings is 1. The number of methoxy groups -OCH3 is 1. The average molecular weight is 237 g/mol. The molecule has 0 heterocycles. The van der Waals surface area contributed by atoms with Crippen LogP contribution in [0.25, 0.3) is 0 Å². The van der Waals surface area contributed by atoms with Gasteiger partial charge in [-0.05, 0) is 37.8 Å². The minimum atomic E-state index is -0.278. The van der Waals surface area contributed by atoms with Crippen LogP contribution in [-0.4, -0.2) is 24.4 Å². The van der Waals surface area contributed by atoms with Crippen LogP contribution in [0.2, 0.25) is 0 Å². The summed E-state index contributed by atoms with van der Waals surface area (Å²) in [5.74, 6) is 0. The molecule has 0 saturated carbocycles. The van der Waals surface area contributed by atoms with E-state index in [0.717, 1.165) is 18.4 Å². The van der Waals surface area contributed by atoms with E-state index in [-0.39, 0.29) is 18.2 Å². The third-order valence-electron chi connectivity index (χ3n) is 3.17. The Bertz CT molecular complexity index is 333. The van der Waals surface area contributed by atoms with E-state index in [1.165, 1.54) is 5.56 Å². The van der Waals surface area contributed by atoms with E-state index < -0.39 is 0 Å². The maximum absolute atomic E-state index is 8.96. The summed E-state index contributed by atoms with van der Waals surface area (Å²) in [4.78, 5) is 0. The highest BCUT2D eigenvalue weighted by atomic mass is 16.5. The van der Waals surface area contributed by atoms with E-state index >= 15 is 0 Å². The fourth-order valence-electron chi connectivity index (χ4n) is 1.58. The van der Waals surface area contributed by atoms with Crippen LogP contribution in [0.3, 0.4) is 0 Å². The molecule has 0 saturated heterocycles. The molecular formula is C14H23NO2. The van der Waals surface area contributed by atoms with Gasteiger partial charge in [-0.1, -0.05) is 24.3 Å². The summed E-state index contributed by atoms with van der Waals surface area (Å²) in [5.41, 5.74) is 7.90. The Labute approximate surface area is 104 Å². The van der Waals surface area contributed by atoms with Crippen LogP contribution in [0, 0.1) is 0 Å². The molecule has 0 spiro atoms. The van der Waals surface area contributed by atoms with Crippen molar-refractivity contribution in [1.82, 2.24) is 0 Å². The second-order valence-electron chi connectivity index (χ2n) is 4.99. The van der Waals surface area contributed by atoms with E-state index in [0.29, 0.717) is 0 Å². The smallest absolute Gasteiger partial charge is 0.0625 e. The van der Waals surface area contributed by atoms with Crippen molar-refractivity contribution in [2.75, 3.05) is 13.7 Å². The Morgan fingerprint density at radius 1 is 1.29 bits per heavy atom. The van der Waals surface area contributed by atoms with Crippen LogP contribution >= 0.6 is 0 Å². The summed E-state index contributed by atoms with van der Waals surface area (Å²) in [7, 11) is 1.74. The van der Waals surface area contributed by atoms with Crippen molar-refractivity contribution in [2.45, 2.75) is 38.3 Å². The number of rotatable bonds is 6. The molecule has 0 aliphatic rings. The fourth-order valence-corrected chi connectivity index (χ4v) is 1.58. The molecule has 1 unspecified atom stereocenters. The molecule has 0 aliphatic heterocycles. The number of aliphatic hydroxyl groups excluding tert-OH is 1. The molecule has 0 bridgehead atoms. The minimum absolute atomic E-state index is 0.0178. The van der Waals surface area contributed by atoms with E-state index in [9.17, 15) is 0 Å². The van der Waals surface area contributed by atoms with Crippen LogP contribution in [-0.2, 0) is 11.2 Å². The largest absolute Gasteiger partial charge is 0.394 e. The number of aryl methyl sites for hydroxylation is 1. The lowest BCUT2D eigenvalue weighted by Gasteiger charge is -2.22. The Hall–Kier alpha value is -0.900. The molecular weight excluding hydrogens is 214 g/mol. The highest BCUT2D eigenvalue weighted by molar-refractivity contribution is 5.25. The number of ether oxygens (including phenoxy) is 1. The molecule has 3 N–H and O–H groups in total. The molecule has 1 atom stereocenters. The molecule has 1 rings (SSSR count). The summed E-state index contributed by atoms with van der Waals surface area (Å²) in [5, 5.41) is 8.96. The van der Waals surface area contributed by atoms with Crippen molar-refractivity contribution in [3.63, 3.8) is 0 Å². The number of hydrogen-bond acceptors (Lipinski definition) is 3. The van der Waals surface area contributed by atoms with E-state index in [4.69, 9.17) is 15.6 Å². The monoisotopic (exact) mass is 237 g/mol. The van der Waals surface area contributed by atoms with Crippen molar-refractivity contribution >= 4 is 0 Å². The van der Waals surface area contributed by atoms with Crippen LogP contribution in [0.5, 0.6) is 0 Å². The number of aliphatic hydroxyl groups is 1. The van der Waals surface area contributed by atoms with Gasteiger partial charge in [0.05, 0.1) is 18.2 Å². The van der Waals surface area contributed by atoms with Crippen LogP contribution in [0.1, 0.15) is 37.4 Å². The van der Waals surface area contributed by atoms with Crippen molar-refractivity contribution in [1.29, 1.82) is 0 Å². The molecule has 0 radical (unpaired) electrons. The second kappa shape index (κ2) is 6.15. The van der Waals surface area contributed by atoms with Gasteiger partial charge >= 0.3 is 0 Å². The lowest BCUT2D eigenvalue weighted by molar-refractivity contribution is 0.0158. The SMILES string of the molecule is COC(C)(C)CCc1ccc(C(N)CO)cc1. The zero-order chi connectivity index (χ0) is 12.9. The molecule has 17 heavy (non-hydrogen) atoms. The molecule has 0 aliphatic carbocycles. The maximum Gasteiger partial charge on any atom is 0.0625 e. The third-order valence-corrected chi connectivity index (χ3v) is 3.17. The Morgan fingerprint density at radius 2 is 1.88 bits per heavy atom. The van der Waals surface area contributed by atoms with Gasteiger partial charge in [0.25, 0.3) is 0 Å². The second-order valence-corrected chi connectivity index (χ2v) is 4.99. The maximum atomic E-state index is 8.96. The van der Waals surface area contributed by atoms with Crippen LogP contribution < -0.4 is 5.73 Å². The molecule has 0 amide bonds.